The maximum Gasteiger partial charge on any atom is 0 e. The van der Waals surface area contributed by atoms with Gasteiger partial charge in [0, 0.05) is 18.6 Å². The van der Waals surface area contributed by atoms with Crippen LogP contribution in [-0.4, -0.2) is 6.21 Å². The summed E-state index contributed by atoms with van der Waals surface area (Å²) in [5, 5.41) is 5.96. The molecule has 23 valence electrons. The van der Waals surface area contributed by atoms with E-state index in [-0.39, 0.29) is 18.6 Å². The molecular weight excluding hydrogens is 89.0 g/mol. The van der Waals surface area contributed by atoms with E-state index >= 15 is 0 Å². The van der Waals surface area contributed by atoms with Gasteiger partial charge in [0.05, 0.1) is 0 Å². The predicted molar refractivity (Wildman–Crippen MR) is 13.4 cm³/mol. The zero-order valence-electron chi connectivity index (χ0n) is 2.45. The van der Waals surface area contributed by atoms with E-state index in [9.17, 15) is 0 Å². The third-order valence-electron chi connectivity index (χ3n) is 0. The van der Waals surface area contributed by atoms with Crippen molar-refractivity contribution in [2.45, 2.75) is 6.92 Å². The maximum atomic E-state index is 5.96. The molecule has 0 bridgehead atoms. The van der Waals surface area contributed by atoms with E-state index in [2.05, 4.69) is 0 Å². The van der Waals surface area contributed by atoms with Gasteiger partial charge in [-0.15, -0.1) is 0 Å². The van der Waals surface area contributed by atoms with Crippen molar-refractivity contribution in [3.05, 3.63) is 0 Å². The first-order chi connectivity index (χ1) is 1.41. The van der Waals surface area contributed by atoms with Crippen molar-refractivity contribution >= 4 is 6.21 Å². The number of hydrogen-bond acceptors (Lipinski definition) is 1. The number of rotatable bonds is 0. The van der Waals surface area contributed by atoms with Gasteiger partial charge in [0.25, 0.3) is 0 Å². The predicted octanol–water partition coefficient (Wildman–Crippen LogP) is 0.530. The Kier molecular flexibility index (Phi) is 23.3. The molecule has 0 saturated heterocycles. The zero-order valence-corrected chi connectivity index (χ0v) is 3.84. The van der Waals surface area contributed by atoms with Crippen LogP contribution in [0.2, 0.25) is 0 Å². The fourth-order valence-electron chi connectivity index (χ4n) is 0. The number of nitrogens with one attached hydrogen (secondary N) is 1. The molecule has 0 atom stereocenters. The van der Waals surface area contributed by atoms with Crippen LogP contribution in [0.3, 0.4) is 0 Å². The van der Waals surface area contributed by atoms with Gasteiger partial charge in [0.1, 0.15) is 0 Å². The molecule has 0 unspecified atom stereocenters. The fourth-order valence-corrected chi connectivity index (χ4v) is 0. The second-order valence-corrected chi connectivity index (χ2v) is 0.250. The minimum atomic E-state index is 0. The van der Waals surface area contributed by atoms with E-state index in [0.29, 0.717) is 0 Å². The average Bonchev–Trinajstić information content (AvgIpc) is 0.918. The Bertz CT molecular complexity index is 13.5. The minimum absolute atomic E-state index is 0. The van der Waals surface area contributed by atoms with Gasteiger partial charge < -0.3 is 11.6 Å². The molecule has 0 fully saturated rings. The molecule has 2 heteroatoms. The molecule has 0 aliphatic heterocycles. The molecule has 0 rings (SSSR count). The van der Waals surface area contributed by atoms with Gasteiger partial charge in [-0.2, -0.15) is 6.92 Å². The van der Waals surface area contributed by atoms with Crippen molar-refractivity contribution in [1.82, 2.24) is 0 Å². The van der Waals surface area contributed by atoms with Crippen LogP contribution in [0.4, 0.5) is 0 Å². The van der Waals surface area contributed by atoms with E-state index in [1.54, 1.807) is 6.92 Å². The molecule has 0 saturated carbocycles. The SMILES string of the molecule is C[C-]=N.[V]. The largest absolute Gasteiger partial charge is 0.519 e. The second-order valence-electron chi connectivity index (χ2n) is 0.250. The Morgan fingerprint density at radius 3 is 1.75 bits per heavy atom. The third-order valence-corrected chi connectivity index (χ3v) is 0. The zero-order chi connectivity index (χ0) is 2.71. The summed E-state index contributed by atoms with van der Waals surface area (Å²) in [5.74, 6) is 0. The monoisotopic (exact) mass is 93.0 g/mol. The normalized spacial score (nSPS) is 3.25. The van der Waals surface area contributed by atoms with Crippen LogP contribution in [-0.2, 0) is 18.6 Å². The van der Waals surface area contributed by atoms with Gasteiger partial charge in [-0.05, 0) is 0 Å². The summed E-state index contributed by atoms with van der Waals surface area (Å²) in [6, 6.07) is 0. The minimum Gasteiger partial charge on any atom is -0.519 e. The molecule has 0 amide bonds. The van der Waals surface area contributed by atoms with E-state index in [0.717, 1.165) is 0 Å². The first kappa shape index (κ1) is 8.87. The van der Waals surface area contributed by atoms with Crippen LogP contribution in [0.15, 0.2) is 0 Å². The van der Waals surface area contributed by atoms with Gasteiger partial charge >= 0.3 is 0 Å². The van der Waals surface area contributed by atoms with Crippen molar-refractivity contribution in [2.24, 2.45) is 0 Å². The Hall–Kier alpha value is 0.254. The third kappa shape index (κ3) is 54.8. The Balaban J connectivity index is 0. The number of hydrogen-bond donors (Lipinski definition) is 1. The second kappa shape index (κ2) is 10.5. The summed E-state index contributed by atoms with van der Waals surface area (Å²) >= 11 is 0. The summed E-state index contributed by atoms with van der Waals surface area (Å²) in [5.41, 5.74) is 0. The molecule has 0 aromatic heterocycles. The van der Waals surface area contributed by atoms with Gasteiger partial charge in [0.15, 0.2) is 0 Å². The van der Waals surface area contributed by atoms with Crippen molar-refractivity contribution in [2.75, 3.05) is 0 Å². The van der Waals surface area contributed by atoms with Gasteiger partial charge in [-0.3, -0.25) is 0 Å². The summed E-state index contributed by atoms with van der Waals surface area (Å²) in [4.78, 5) is 0. The van der Waals surface area contributed by atoms with Crippen LogP contribution in [0.25, 0.3) is 0 Å². The summed E-state index contributed by atoms with van der Waals surface area (Å²) in [7, 11) is 0. The van der Waals surface area contributed by atoms with Crippen molar-refractivity contribution < 1.29 is 18.6 Å². The molecule has 4 heavy (non-hydrogen) atoms. The molecule has 0 aliphatic rings. The van der Waals surface area contributed by atoms with Crippen LogP contribution in [0, 0.1) is 5.41 Å². The van der Waals surface area contributed by atoms with E-state index in [1.807, 2.05) is 6.21 Å². The van der Waals surface area contributed by atoms with E-state index in [4.69, 9.17) is 5.41 Å². The molecule has 0 heterocycles. The van der Waals surface area contributed by atoms with Crippen molar-refractivity contribution in [1.29, 1.82) is 5.41 Å². The Labute approximate surface area is 37.8 Å². The van der Waals surface area contributed by atoms with Gasteiger partial charge in [-0.1, -0.05) is 0 Å². The fraction of sp³-hybridized carbons (Fsp3) is 0.500. The molecule has 0 aliphatic carbocycles. The van der Waals surface area contributed by atoms with Crippen molar-refractivity contribution in [3.63, 3.8) is 0 Å². The summed E-state index contributed by atoms with van der Waals surface area (Å²) < 4.78 is 0. The Morgan fingerprint density at radius 2 is 1.75 bits per heavy atom. The van der Waals surface area contributed by atoms with Gasteiger partial charge in [0.2, 0.25) is 0 Å². The standard InChI is InChI=1S/C2H4N.V/c1-2-3;/h3H,1H3;/q-1;. The van der Waals surface area contributed by atoms with E-state index < -0.39 is 0 Å². The molecule has 1 N–H and O–H groups in total. The molecule has 1 nitrogen and oxygen atoms in total. The van der Waals surface area contributed by atoms with Crippen molar-refractivity contribution in [3.8, 4) is 0 Å². The molecule has 1 radical (unpaired) electrons. The molecule has 0 spiro atoms. The van der Waals surface area contributed by atoms with Crippen LogP contribution in [0.5, 0.6) is 0 Å². The smallest absolute Gasteiger partial charge is 0 e. The van der Waals surface area contributed by atoms with Gasteiger partial charge in [-0.25, -0.2) is 0 Å². The molecule has 0 aromatic carbocycles. The summed E-state index contributed by atoms with van der Waals surface area (Å²) in [6.45, 7) is 1.54. The summed E-state index contributed by atoms with van der Waals surface area (Å²) in [6.07, 6.45) is 2.00. The van der Waals surface area contributed by atoms with Crippen LogP contribution >= 0.6 is 0 Å². The Morgan fingerprint density at radius 1 is 1.75 bits per heavy atom. The molecule has 0 aromatic rings. The van der Waals surface area contributed by atoms with E-state index in [1.165, 1.54) is 0 Å². The van der Waals surface area contributed by atoms with Crippen LogP contribution in [0.1, 0.15) is 6.92 Å². The topological polar surface area (TPSA) is 23.9 Å². The first-order valence-electron chi connectivity index (χ1n) is 0.750. The van der Waals surface area contributed by atoms with Crippen LogP contribution < -0.4 is 0 Å². The maximum absolute atomic E-state index is 5.96. The average molecular weight is 93.0 g/mol. The molecular formula is C2H4NV-. The quantitative estimate of drug-likeness (QED) is 0.333. The first-order valence-corrected chi connectivity index (χ1v) is 0.750.